The molecule has 1 aliphatic heterocycles. The Morgan fingerprint density at radius 1 is 1.40 bits per heavy atom. The molecule has 0 spiro atoms. The predicted octanol–water partition coefficient (Wildman–Crippen LogP) is 4.36. The molecule has 1 fully saturated rings. The first-order valence-electron chi connectivity index (χ1n) is 6.76. The Labute approximate surface area is 125 Å². The van der Waals surface area contributed by atoms with Crippen molar-refractivity contribution < 1.29 is 13.2 Å². The van der Waals surface area contributed by atoms with Crippen LogP contribution in [-0.2, 0) is 6.18 Å². The second-order valence-corrected chi connectivity index (χ2v) is 5.91. The number of alkyl halides is 3. The van der Waals surface area contributed by atoms with E-state index in [1.54, 1.807) is 6.07 Å². The Balaban J connectivity index is 2.09. The molecule has 1 N–H and O–H groups in total. The number of rotatable bonds is 4. The van der Waals surface area contributed by atoms with Crippen LogP contribution >= 0.6 is 15.9 Å². The minimum absolute atomic E-state index is 0.156. The second kappa shape index (κ2) is 6.35. The average Bonchev–Trinajstić information content (AvgIpc) is 2.83. The number of hydrogen-bond acceptors (Lipinski definition) is 2. The fourth-order valence-corrected chi connectivity index (χ4v) is 3.04. The third kappa shape index (κ3) is 3.67. The first-order chi connectivity index (χ1) is 9.41. The zero-order chi connectivity index (χ0) is 14.8. The lowest BCUT2D eigenvalue weighted by atomic mass is 10.1. The highest BCUT2D eigenvalue weighted by Gasteiger charge is 2.34. The molecule has 2 rings (SSSR count). The van der Waals surface area contributed by atoms with E-state index < -0.39 is 11.7 Å². The van der Waals surface area contributed by atoms with Crippen molar-refractivity contribution in [3.63, 3.8) is 0 Å². The van der Waals surface area contributed by atoms with Crippen LogP contribution in [0.2, 0.25) is 0 Å². The Morgan fingerprint density at radius 2 is 2.15 bits per heavy atom. The van der Waals surface area contributed by atoms with E-state index in [-0.39, 0.29) is 5.69 Å². The van der Waals surface area contributed by atoms with E-state index in [1.165, 1.54) is 6.07 Å². The van der Waals surface area contributed by atoms with E-state index in [2.05, 4.69) is 33.1 Å². The number of benzene rings is 1. The van der Waals surface area contributed by atoms with Crippen LogP contribution in [0.25, 0.3) is 0 Å². The maximum atomic E-state index is 13.0. The fraction of sp³-hybridized carbons (Fsp3) is 0.571. The van der Waals surface area contributed by atoms with E-state index in [9.17, 15) is 13.2 Å². The van der Waals surface area contributed by atoms with Gasteiger partial charge in [-0.05, 0) is 44.1 Å². The SMILES string of the molecule is CCN1CCCC1CNc1ccc(Br)cc1C(F)(F)F. The van der Waals surface area contributed by atoms with Crippen molar-refractivity contribution in [2.75, 3.05) is 25.0 Å². The summed E-state index contributed by atoms with van der Waals surface area (Å²) in [5.74, 6) is 0. The lowest BCUT2D eigenvalue weighted by molar-refractivity contribution is -0.137. The first kappa shape index (κ1) is 15.6. The largest absolute Gasteiger partial charge is 0.418 e. The molecule has 6 heteroatoms. The van der Waals surface area contributed by atoms with E-state index in [4.69, 9.17) is 0 Å². The molecule has 2 nitrogen and oxygen atoms in total. The van der Waals surface area contributed by atoms with Crippen LogP contribution < -0.4 is 5.32 Å². The summed E-state index contributed by atoms with van der Waals surface area (Å²) in [6.45, 7) is 4.62. The van der Waals surface area contributed by atoms with Gasteiger partial charge in [0.25, 0.3) is 0 Å². The highest BCUT2D eigenvalue weighted by Crippen LogP contribution is 2.36. The molecule has 0 aromatic heterocycles. The predicted molar refractivity (Wildman–Crippen MR) is 77.9 cm³/mol. The van der Waals surface area contributed by atoms with Crippen LogP contribution in [-0.4, -0.2) is 30.6 Å². The van der Waals surface area contributed by atoms with Gasteiger partial charge >= 0.3 is 6.18 Å². The molecule has 1 aliphatic rings. The Bertz CT molecular complexity index is 462. The molecule has 0 saturated carbocycles. The lowest BCUT2D eigenvalue weighted by Gasteiger charge is -2.24. The summed E-state index contributed by atoms with van der Waals surface area (Å²) < 4.78 is 39.4. The molecular weight excluding hydrogens is 333 g/mol. The number of likely N-dealkylation sites (N-methyl/N-ethyl adjacent to an activating group) is 1. The van der Waals surface area contributed by atoms with Gasteiger partial charge in [-0.1, -0.05) is 22.9 Å². The third-order valence-corrected chi connectivity index (χ3v) is 4.21. The molecule has 20 heavy (non-hydrogen) atoms. The van der Waals surface area contributed by atoms with Gasteiger partial charge in [-0.25, -0.2) is 0 Å². The molecule has 112 valence electrons. The summed E-state index contributed by atoms with van der Waals surface area (Å²) >= 11 is 3.09. The number of likely N-dealkylation sites (tertiary alicyclic amines) is 1. The van der Waals surface area contributed by atoms with Gasteiger partial charge in [-0.15, -0.1) is 0 Å². The minimum Gasteiger partial charge on any atom is -0.383 e. The third-order valence-electron chi connectivity index (χ3n) is 3.72. The molecular formula is C14H18BrF3N2. The van der Waals surface area contributed by atoms with Crippen LogP contribution in [0.3, 0.4) is 0 Å². The van der Waals surface area contributed by atoms with Gasteiger partial charge < -0.3 is 5.32 Å². The number of hydrogen-bond donors (Lipinski definition) is 1. The topological polar surface area (TPSA) is 15.3 Å². The van der Waals surface area contributed by atoms with Crippen LogP contribution in [0.1, 0.15) is 25.3 Å². The van der Waals surface area contributed by atoms with E-state index in [1.807, 2.05) is 0 Å². The van der Waals surface area contributed by atoms with Gasteiger partial charge in [0.05, 0.1) is 5.56 Å². The van der Waals surface area contributed by atoms with Crippen molar-refractivity contribution in [2.45, 2.75) is 32.0 Å². The van der Waals surface area contributed by atoms with Crippen LogP contribution in [0.15, 0.2) is 22.7 Å². The monoisotopic (exact) mass is 350 g/mol. The summed E-state index contributed by atoms with van der Waals surface area (Å²) in [5.41, 5.74) is -0.462. The van der Waals surface area contributed by atoms with E-state index in [0.717, 1.165) is 32.0 Å². The smallest absolute Gasteiger partial charge is 0.383 e. The van der Waals surface area contributed by atoms with Gasteiger partial charge in [-0.2, -0.15) is 13.2 Å². The zero-order valence-corrected chi connectivity index (χ0v) is 12.9. The highest BCUT2D eigenvalue weighted by molar-refractivity contribution is 9.10. The average molecular weight is 351 g/mol. The molecule has 0 aliphatic carbocycles. The molecule has 1 aromatic carbocycles. The van der Waals surface area contributed by atoms with Crippen LogP contribution in [0.5, 0.6) is 0 Å². The van der Waals surface area contributed by atoms with Crippen molar-refractivity contribution in [3.05, 3.63) is 28.2 Å². The highest BCUT2D eigenvalue weighted by atomic mass is 79.9. The molecule has 0 radical (unpaired) electrons. The second-order valence-electron chi connectivity index (χ2n) is 4.99. The Kier molecular flexibility index (Phi) is 4.96. The molecule has 0 amide bonds. The lowest BCUT2D eigenvalue weighted by Crippen LogP contribution is -2.34. The van der Waals surface area contributed by atoms with Crippen molar-refractivity contribution >= 4 is 21.6 Å². The quantitative estimate of drug-likeness (QED) is 0.867. The summed E-state index contributed by atoms with van der Waals surface area (Å²) in [6, 6.07) is 4.56. The standard InChI is InChI=1S/C14H18BrF3N2/c1-2-20-7-3-4-11(20)9-19-13-6-5-10(15)8-12(13)14(16,17)18/h5-6,8,11,19H,2-4,7,9H2,1H3. The van der Waals surface area contributed by atoms with Gasteiger partial charge in [0.2, 0.25) is 0 Å². The number of anilines is 1. The Morgan fingerprint density at radius 3 is 2.80 bits per heavy atom. The summed E-state index contributed by atoms with van der Waals surface area (Å²) in [4.78, 5) is 2.30. The number of halogens is 4. The van der Waals surface area contributed by atoms with Crippen molar-refractivity contribution in [2.24, 2.45) is 0 Å². The van der Waals surface area contributed by atoms with Gasteiger partial charge in [0.1, 0.15) is 0 Å². The minimum atomic E-state index is -4.34. The number of nitrogens with one attached hydrogen (secondary N) is 1. The van der Waals surface area contributed by atoms with Crippen molar-refractivity contribution in [1.29, 1.82) is 0 Å². The molecule has 1 heterocycles. The van der Waals surface area contributed by atoms with Crippen molar-refractivity contribution in [1.82, 2.24) is 4.90 Å². The molecule has 1 aromatic rings. The van der Waals surface area contributed by atoms with Crippen molar-refractivity contribution in [3.8, 4) is 0 Å². The maximum Gasteiger partial charge on any atom is 0.418 e. The summed E-state index contributed by atoms with van der Waals surface area (Å²) in [5, 5.41) is 2.97. The summed E-state index contributed by atoms with van der Waals surface area (Å²) in [7, 11) is 0. The van der Waals surface area contributed by atoms with Gasteiger partial charge in [0.15, 0.2) is 0 Å². The van der Waals surface area contributed by atoms with E-state index in [0.29, 0.717) is 17.1 Å². The molecule has 0 bridgehead atoms. The zero-order valence-electron chi connectivity index (χ0n) is 11.3. The molecule has 1 saturated heterocycles. The summed E-state index contributed by atoms with van der Waals surface area (Å²) in [6.07, 6.45) is -2.18. The van der Waals surface area contributed by atoms with Crippen LogP contribution in [0, 0.1) is 0 Å². The fourth-order valence-electron chi connectivity index (χ4n) is 2.68. The molecule has 1 unspecified atom stereocenters. The Hall–Kier alpha value is -0.750. The maximum absolute atomic E-state index is 13.0. The number of nitrogens with zero attached hydrogens (tertiary/aromatic N) is 1. The normalized spacial score (nSPS) is 20.4. The first-order valence-corrected chi connectivity index (χ1v) is 7.55. The van der Waals surface area contributed by atoms with Crippen LogP contribution in [0.4, 0.5) is 18.9 Å². The van der Waals surface area contributed by atoms with Gasteiger partial charge in [0, 0.05) is 22.7 Å². The van der Waals surface area contributed by atoms with E-state index >= 15 is 0 Å². The van der Waals surface area contributed by atoms with Gasteiger partial charge in [-0.3, -0.25) is 4.90 Å². The molecule has 1 atom stereocenters.